The molecule has 6 rings (SSSR count). The van der Waals surface area contributed by atoms with Crippen LogP contribution in [0, 0.1) is 12.8 Å². The van der Waals surface area contributed by atoms with Crippen LogP contribution in [0.4, 0.5) is 0 Å². The highest BCUT2D eigenvalue weighted by Crippen LogP contribution is 2.46. The molecule has 4 heterocycles. The van der Waals surface area contributed by atoms with Crippen molar-refractivity contribution in [3.05, 3.63) is 63.5 Å². The first-order valence-electron chi connectivity index (χ1n) is 10.9. The van der Waals surface area contributed by atoms with Crippen LogP contribution in [0.1, 0.15) is 39.3 Å². The van der Waals surface area contributed by atoms with E-state index in [0.717, 1.165) is 24.5 Å². The van der Waals surface area contributed by atoms with Crippen LogP contribution in [0.25, 0.3) is 5.00 Å². The number of morpholine rings is 1. The highest BCUT2D eigenvalue weighted by Gasteiger charge is 2.39. The molecule has 2 aromatic heterocycles. The summed E-state index contributed by atoms with van der Waals surface area (Å²) in [5.41, 5.74) is 3.88. The van der Waals surface area contributed by atoms with Crippen molar-refractivity contribution in [3.63, 3.8) is 0 Å². The number of ether oxygens (including phenoxy) is 1. The SMILES string of the molecule is Cc1nnc2n1-c1sc3c(c1[C@H](c1ccccc1)NC2)C[C@H](C(=O)N1CCOCC1)C3. The second-order valence-electron chi connectivity index (χ2n) is 8.49. The number of nitrogens with zero attached hydrogens (tertiary/aromatic N) is 4. The molecule has 0 radical (unpaired) electrons. The van der Waals surface area contributed by atoms with Crippen molar-refractivity contribution in [1.29, 1.82) is 0 Å². The van der Waals surface area contributed by atoms with Crippen LogP contribution < -0.4 is 5.32 Å². The molecule has 1 aromatic carbocycles. The summed E-state index contributed by atoms with van der Waals surface area (Å²) in [6.07, 6.45) is 1.63. The van der Waals surface area contributed by atoms with E-state index in [1.54, 1.807) is 0 Å². The Morgan fingerprint density at radius 2 is 1.97 bits per heavy atom. The standard InChI is InChI=1S/C23H25N5O2S/c1-14-25-26-19-13-24-21(15-5-3-2-4-6-15)20-17-11-16(12-18(17)31-23(20)28(14)19)22(29)27-7-9-30-10-8-27/h2-6,16,21,24H,7-13H2,1H3/t16-,21-/m0/s1. The molecule has 8 heteroatoms. The average Bonchev–Trinajstić information content (AvgIpc) is 3.45. The van der Waals surface area contributed by atoms with E-state index in [1.807, 2.05) is 23.2 Å². The number of aryl methyl sites for hydroxylation is 1. The minimum Gasteiger partial charge on any atom is -0.378 e. The number of rotatable bonds is 2. The molecule has 1 fully saturated rings. The molecule has 31 heavy (non-hydrogen) atoms. The average molecular weight is 436 g/mol. The van der Waals surface area contributed by atoms with Gasteiger partial charge in [0.05, 0.1) is 25.8 Å². The van der Waals surface area contributed by atoms with Crippen LogP contribution in [0.2, 0.25) is 0 Å². The molecule has 1 saturated heterocycles. The van der Waals surface area contributed by atoms with Crippen LogP contribution in [-0.2, 0) is 28.9 Å². The van der Waals surface area contributed by atoms with Gasteiger partial charge in [0.1, 0.15) is 10.8 Å². The maximum atomic E-state index is 13.2. The highest BCUT2D eigenvalue weighted by atomic mass is 32.1. The number of fused-ring (bicyclic) bond motifs is 5. The third-order valence-electron chi connectivity index (χ3n) is 6.65. The molecular weight excluding hydrogens is 410 g/mol. The number of nitrogens with one attached hydrogen (secondary N) is 1. The molecule has 3 aromatic rings. The maximum absolute atomic E-state index is 13.2. The summed E-state index contributed by atoms with van der Waals surface area (Å²) in [6, 6.07) is 10.7. The zero-order chi connectivity index (χ0) is 20.9. The van der Waals surface area contributed by atoms with Crippen molar-refractivity contribution < 1.29 is 9.53 Å². The van der Waals surface area contributed by atoms with Crippen molar-refractivity contribution in [3.8, 4) is 5.00 Å². The Bertz CT molecular complexity index is 1130. The summed E-state index contributed by atoms with van der Waals surface area (Å²) in [5, 5.41) is 13.7. The van der Waals surface area contributed by atoms with Gasteiger partial charge in [-0.15, -0.1) is 21.5 Å². The Morgan fingerprint density at radius 3 is 2.77 bits per heavy atom. The lowest BCUT2D eigenvalue weighted by atomic mass is 9.95. The molecule has 0 unspecified atom stereocenters. The predicted molar refractivity (Wildman–Crippen MR) is 117 cm³/mol. The van der Waals surface area contributed by atoms with Gasteiger partial charge in [0.25, 0.3) is 0 Å². The van der Waals surface area contributed by atoms with Gasteiger partial charge in [0.2, 0.25) is 5.91 Å². The fraction of sp³-hybridized carbons (Fsp3) is 0.435. The van der Waals surface area contributed by atoms with Crippen molar-refractivity contribution >= 4 is 17.2 Å². The second kappa shape index (κ2) is 7.55. The summed E-state index contributed by atoms with van der Waals surface area (Å²) < 4.78 is 7.63. The van der Waals surface area contributed by atoms with E-state index in [1.165, 1.54) is 26.6 Å². The Labute approximate surface area is 185 Å². The van der Waals surface area contributed by atoms with Gasteiger partial charge in [0.15, 0.2) is 5.82 Å². The Hall–Kier alpha value is -2.55. The minimum absolute atomic E-state index is 0.0332. The van der Waals surface area contributed by atoms with E-state index < -0.39 is 0 Å². The van der Waals surface area contributed by atoms with Crippen LogP contribution in [-0.4, -0.2) is 51.9 Å². The lowest BCUT2D eigenvalue weighted by molar-refractivity contribution is -0.139. The fourth-order valence-corrected chi connectivity index (χ4v) is 6.65. The van der Waals surface area contributed by atoms with Gasteiger partial charge in [-0.1, -0.05) is 30.3 Å². The summed E-state index contributed by atoms with van der Waals surface area (Å²) in [7, 11) is 0. The van der Waals surface area contributed by atoms with Gasteiger partial charge in [-0.25, -0.2) is 0 Å². The quantitative estimate of drug-likeness (QED) is 0.669. The third-order valence-corrected chi connectivity index (χ3v) is 7.90. The number of hydrogen-bond acceptors (Lipinski definition) is 6. The predicted octanol–water partition coefficient (Wildman–Crippen LogP) is 2.40. The molecule has 2 atom stereocenters. The van der Waals surface area contributed by atoms with E-state index in [9.17, 15) is 4.79 Å². The molecular formula is C23H25N5O2S. The van der Waals surface area contributed by atoms with Gasteiger partial charge in [-0.2, -0.15) is 0 Å². The number of carbonyl (C=O) groups is 1. The van der Waals surface area contributed by atoms with E-state index in [2.05, 4.69) is 50.4 Å². The van der Waals surface area contributed by atoms with Gasteiger partial charge in [-0.3, -0.25) is 14.7 Å². The number of aromatic nitrogens is 3. The van der Waals surface area contributed by atoms with Gasteiger partial charge < -0.3 is 9.64 Å². The topological polar surface area (TPSA) is 72.3 Å². The summed E-state index contributed by atoms with van der Waals surface area (Å²) in [5.74, 6) is 2.16. The van der Waals surface area contributed by atoms with Gasteiger partial charge >= 0.3 is 0 Å². The summed E-state index contributed by atoms with van der Waals surface area (Å²) in [6.45, 7) is 5.37. The van der Waals surface area contributed by atoms with Gasteiger partial charge in [0, 0.05) is 29.4 Å². The molecule has 7 nitrogen and oxygen atoms in total. The Balaban J connectivity index is 1.41. The van der Waals surface area contributed by atoms with E-state index in [0.29, 0.717) is 32.8 Å². The lowest BCUT2D eigenvalue weighted by Gasteiger charge is -2.29. The lowest BCUT2D eigenvalue weighted by Crippen LogP contribution is -2.44. The maximum Gasteiger partial charge on any atom is 0.226 e. The molecule has 0 bridgehead atoms. The number of hydrogen-bond donors (Lipinski definition) is 1. The number of carbonyl (C=O) groups excluding carboxylic acids is 1. The Morgan fingerprint density at radius 1 is 1.16 bits per heavy atom. The minimum atomic E-state index is 0.0332. The second-order valence-corrected chi connectivity index (χ2v) is 9.57. The van der Waals surface area contributed by atoms with E-state index in [4.69, 9.17) is 4.74 Å². The molecule has 0 saturated carbocycles. The van der Waals surface area contributed by atoms with Crippen molar-refractivity contribution in [1.82, 2.24) is 25.0 Å². The largest absolute Gasteiger partial charge is 0.378 e. The first-order valence-corrected chi connectivity index (χ1v) is 11.7. The molecule has 3 aliphatic rings. The van der Waals surface area contributed by atoms with Crippen LogP contribution in [0.15, 0.2) is 30.3 Å². The molecule has 1 aliphatic carbocycles. The zero-order valence-corrected chi connectivity index (χ0v) is 18.3. The number of amides is 1. The monoisotopic (exact) mass is 435 g/mol. The molecule has 1 amide bonds. The van der Waals surface area contributed by atoms with Crippen molar-refractivity contribution in [2.24, 2.45) is 5.92 Å². The smallest absolute Gasteiger partial charge is 0.226 e. The van der Waals surface area contributed by atoms with Crippen LogP contribution in [0.5, 0.6) is 0 Å². The van der Waals surface area contributed by atoms with Crippen molar-refractivity contribution in [2.75, 3.05) is 26.3 Å². The highest BCUT2D eigenvalue weighted by molar-refractivity contribution is 7.15. The van der Waals surface area contributed by atoms with E-state index >= 15 is 0 Å². The fourth-order valence-electron chi connectivity index (χ4n) is 5.13. The number of thiophene rings is 1. The van der Waals surface area contributed by atoms with E-state index in [-0.39, 0.29) is 17.9 Å². The number of benzene rings is 1. The van der Waals surface area contributed by atoms with Crippen LogP contribution in [0.3, 0.4) is 0 Å². The normalized spacial score (nSPS) is 22.5. The first kappa shape index (κ1) is 19.2. The van der Waals surface area contributed by atoms with Gasteiger partial charge in [-0.05, 0) is 30.9 Å². The third kappa shape index (κ3) is 3.12. The summed E-state index contributed by atoms with van der Waals surface area (Å²) >= 11 is 1.81. The molecule has 1 N–H and O–H groups in total. The first-order chi connectivity index (χ1) is 15.2. The van der Waals surface area contributed by atoms with Crippen LogP contribution >= 0.6 is 11.3 Å². The molecule has 0 spiro atoms. The Kier molecular flexibility index (Phi) is 4.66. The molecule has 160 valence electrons. The van der Waals surface area contributed by atoms with Crippen molar-refractivity contribution in [2.45, 2.75) is 32.4 Å². The summed E-state index contributed by atoms with van der Waals surface area (Å²) in [4.78, 5) is 16.5. The zero-order valence-electron chi connectivity index (χ0n) is 17.5. The molecule has 2 aliphatic heterocycles.